The first-order valence-electron chi connectivity index (χ1n) is 8.30. The highest BCUT2D eigenvalue weighted by atomic mass is 16.5. The molecule has 0 amide bonds. The number of carboxylic acids is 1. The highest BCUT2D eigenvalue weighted by molar-refractivity contribution is 5.78. The molecule has 0 radical (unpaired) electrons. The number of carbonyl (C=O) groups is 1. The van der Waals surface area contributed by atoms with Crippen molar-refractivity contribution in [2.45, 2.75) is 70.8 Å². The minimum Gasteiger partial charge on any atom is -0.478 e. The van der Waals surface area contributed by atoms with Gasteiger partial charge in [0.1, 0.15) is 0 Å². The van der Waals surface area contributed by atoms with Crippen LogP contribution in [0.5, 0.6) is 0 Å². The van der Waals surface area contributed by atoms with E-state index in [1.54, 1.807) is 0 Å². The molecule has 0 fully saturated rings. The molecule has 132 valence electrons. The van der Waals surface area contributed by atoms with E-state index >= 15 is 0 Å². The SMILES string of the molecule is C=CC(=O)O.CCCCCCCCCCC(O)COCCO. The van der Waals surface area contributed by atoms with Crippen LogP contribution in [0.3, 0.4) is 0 Å². The van der Waals surface area contributed by atoms with Gasteiger partial charge in [-0.25, -0.2) is 4.79 Å². The van der Waals surface area contributed by atoms with Gasteiger partial charge >= 0.3 is 5.97 Å². The summed E-state index contributed by atoms with van der Waals surface area (Å²) < 4.78 is 5.07. The molecule has 0 saturated heterocycles. The Bertz CT molecular complexity index is 243. The van der Waals surface area contributed by atoms with Crippen LogP contribution in [-0.4, -0.2) is 47.2 Å². The Labute approximate surface area is 135 Å². The first-order chi connectivity index (χ1) is 10.6. The Balaban J connectivity index is 0. The minimum absolute atomic E-state index is 0.0322. The van der Waals surface area contributed by atoms with Gasteiger partial charge in [0.05, 0.1) is 25.9 Å². The maximum atomic E-state index is 9.54. The first kappa shape index (κ1) is 23.4. The van der Waals surface area contributed by atoms with E-state index in [0.29, 0.717) is 13.2 Å². The van der Waals surface area contributed by atoms with Crippen LogP contribution in [0, 0.1) is 0 Å². The summed E-state index contributed by atoms with van der Waals surface area (Å²) in [5.41, 5.74) is 0. The first-order valence-corrected chi connectivity index (χ1v) is 8.30. The zero-order valence-corrected chi connectivity index (χ0v) is 14.0. The van der Waals surface area contributed by atoms with Crippen LogP contribution < -0.4 is 0 Å². The molecule has 0 aromatic carbocycles. The molecule has 1 unspecified atom stereocenters. The van der Waals surface area contributed by atoms with Gasteiger partial charge < -0.3 is 20.1 Å². The largest absolute Gasteiger partial charge is 0.478 e. The van der Waals surface area contributed by atoms with E-state index < -0.39 is 5.97 Å². The molecule has 0 rings (SSSR count). The van der Waals surface area contributed by atoms with Gasteiger partial charge in [0.25, 0.3) is 0 Å². The van der Waals surface area contributed by atoms with Crippen LogP contribution in [0.2, 0.25) is 0 Å². The second kappa shape index (κ2) is 20.1. The number of aliphatic hydroxyl groups is 2. The molecule has 0 spiro atoms. The fourth-order valence-corrected chi connectivity index (χ4v) is 1.88. The smallest absolute Gasteiger partial charge is 0.327 e. The van der Waals surface area contributed by atoms with Crippen LogP contribution in [0.1, 0.15) is 64.7 Å². The molecule has 0 heterocycles. The van der Waals surface area contributed by atoms with E-state index in [2.05, 4.69) is 13.5 Å². The summed E-state index contributed by atoms with van der Waals surface area (Å²) in [4.78, 5) is 9.25. The Morgan fingerprint density at radius 2 is 1.64 bits per heavy atom. The second-order valence-electron chi connectivity index (χ2n) is 5.26. The lowest BCUT2D eigenvalue weighted by molar-refractivity contribution is -0.131. The van der Waals surface area contributed by atoms with E-state index in [4.69, 9.17) is 14.9 Å². The normalized spacial score (nSPS) is 11.4. The maximum absolute atomic E-state index is 9.54. The molecule has 1 atom stereocenters. The van der Waals surface area contributed by atoms with E-state index in [1.807, 2.05) is 0 Å². The van der Waals surface area contributed by atoms with Crippen molar-refractivity contribution in [3.8, 4) is 0 Å². The quantitative estimate of drug-likeness (QED) is 0.338. The minimum atomic E-state index is -0.981. The molecule has 0 saturated carbocycles. The van der Waals surface area contributed by atoms with Crippen molar-refractivity contribution in [3.05, 3.63) is 12.7 Å². The van der Waals surface area contributed by atoms with Crippen LogP contribution >= 0.6 is 0 Å². The van der Waals surface area contributed by atoms with Crippen LogP contribution in [0.25, 0.3) is 0 Å². The standard InChI is InChI=1S/C14H30O3.C3H4O2/c1-2-3-4-5-6-7-8-9-10-14(16)13-17-12-11-15;1-2-3(4)5/h14-16H,2-13H2,1H3;2H,1H2,(H,4,5). The number of hydrogen-bond acceptors (Lipinski definition) is 4. The average Bonchev–Trinajstić information content (AvgIpc) is 2.50. The number of hydrogen-bond donors (Lipinski definition) is 3. The van der Waals surface area contributed by atoms with Gasteiger partial charge in [-0.05, 0) is 6.42 Å². The van der Waals surface area contributed by atoms with E-state index in [9.17, 15) is 9.90 Å². The molecular formula is C17H34O5. The monoisotopic (exact) mass is 318 g/mol. The Hall–Kier alpha value is -0.910. The number of aliphatic hydroxyl groups excluding tert-OH is 2. The van der Waals surface area contributed by atoms with Crippen molar-refractivity contribution in [1.82, 2.24) is 0 Å². The third-order valence-electron chi connectivity index (χ3n) is 3.11. The predicted molar refractivity (Wildman–Crippen MR) is 89.0 cm³/mol. The van der Waals surface area contributed by atoms with Gasteiger partial charge in [-0.1, -0.05) is 64.9 Å². The maximum Gasteiger partial charge on any atom is 0.327 e. The summed E-state index contributed by atoms with van der Waals surface area (Å²) in [6, 6.07) is 0. The summed E-state index contributed by atoms with van der Waals surface area (Å²) in [6.45, 7) is 5.92. The van der Waals surface area contributed by atoms with Gasteiger partial charge in [0, 0.05) is 6.08 Å². The molecule has 5 nitrogen and oxygen atoms in total. The van der Waals surface area contributed by atoms with Gasteiger partial charge in [0.2, 0.25) is 0 Å². The highest BCUT2D eigenvalue weighted by Crippen LogP contribution is 2.10. The number of ether oxygens (including phenoxy) is 1. The Kier molecular flexibility index (Phi) is 21.3. The summed E-state index contributed by atoms with van der Waals surface area (Å²) in [6.07, 6.45) is 11.6. The Morgan fingerprint density at radius 1 is 1.14 bits per heavy atom. The third kappa shape index (κ3) is 24.1. The molecule has 5 heteroatoms. The van der Waals surface area contributed by atoms with Crippen LogP contribution in [0.15, 0.2) is 12.7 Å². The molecule has 0 aliphatic carbocycles. The predicted octanol–water partition coefficient (Wildman–Crippen LogP) is 3.14. The van der Waals surface area contributed by atoms with Gasteiger partial charge in [-0.2, -0.15) is 0 Å². The van der Waals surface area contributed by atoms with Crippen molar-refractivity contribution in [2.24, 2.45) is 0 Å². The van der Waals surface area contributed by atoms with E-state index in [0.717, 1.165) is 18.9 Å². The van der Waals surface area contributed by atoms with E-state index in [1.165, 1.54) is 44.9 Å². The Morgan fingerprint density at radius 3 is 2.09 bits per heavy atom. The van der Waals surface area contributed by atoms with Gasteiger partial charge in [-0.3, -0.25) is 0 Å². The lowest BCUT2D eigenvalue weighted by atomic mass is 10.1. The third-order valence-corrected chi connectivity index (χ3v) is 3.11. The molecule has 0 aliphatic rings. The lowest BCUT2D eigenvalue weighted by Gasteiger charge is -2.10. The molecule has 3 N–H and O–H groups in total. The summed E-state index contributed by atoms with van der Waals surface area (Å²) in [5, 5.41) is 25.7. The molecule has 22 heavy (non-hydrogen) atoms. The molecular weight excluding hydrogens is 284 g/mol. The zero-order chi connectivity index (χ0) is 17.1. The number of carboxylic acid groups (broad SMARTS) is 1. The number of aliphatic carboxylic acids is 1. The van der Waals surface area contributed by atoms with Gasteiger partial charge in [-0.15, -0.1) is 0 Å². The topological polar surface area (TPSA) is 87.0 Å². The highest BCUT2D eigenvalue weighted by Gasteiger charge is 2.03. The fourth-order valence-electron chi connectivity index (χ4n) is 1.88. The van der Waals surface area contributed by atoms with Crippen molar-refractivity contribution in [3.63, 3.8) is 0 Å². The van der Waals surface area contributed by atoms with E-state index in [-0.39, 0.29) is 12.7 Å². The summed E-state index contributed by atoms with van der Waals surface area (Å²) in [5.74, 6) is -0.981. The average molecular weight is 318 g/mol. The van der Waals surface area contributed by atoms with Crippen molar-refractivity contribution < 1.29 is 24.9 Å². The number of unbranched alkanes of at least 4 members (excludes halogenated alkanes) is 7. The fraction of sp³-hybridized carbons (Fsp3) is 0.824. The lowest BCUT2D eigenvalue weighted by Crippen LogP contribution is -2.16. The number of rotatable bonds is 14. The summed E-state index contributed by atoms with van der Waals surface area (Å²) in [7, 11) is 0. The molecule has 0 aromatic heterocycles. The molecule has 0 bridgehead atoms. The van der Waals surface area contributed by atoms with Crippen molar-refractivity contribution >= 4 is 5.97 Å². The molecule has 0 aromatic rings. The summed E-state index contributed by atoms with van der Waals surface area (Å²) >= 11 is 0. The second-order valence-corrected chi connectivity index (χ2v) is 5.26. The zero-order valence-electron chi connectivity index (χ0n) is 14.0. The van der Waals surface area contributed by atoms with Crippen molar-refractivity contribution in [1.29, 1.82) is 0 Å². The molecule has 0 aliphatic heterocycles. The van der Waals surface area contributed by atoms with Gasteiger partial charge in [0.15, 0.2) is 0 Å². The van der Waals surface area contributed by atoms with Crippen LogP contribution in [0.4, 0.5) is 0 Å². The van der Waals surface area contributed by atoms with Crippen LogP contribution in [-0.2, 0) is 9.53 Å². The van der Waals surface area contributed by atoms with Crippen molar-refractivity contribution in [2.75, 3.05) is 19.8 Å².